The number of nitrogens with zero attached hydrogens (tertiary/aromatic N) is 5. The van der Waals surface area contributed by atoms with Crippen molar-refractivity contribution in [1.82, 2.24) is 25.1 Å². The van der Waals surface area contributed by atoms with Crippen LogP contribution in [0.4, 0.5) is 19.0 Å². The summed E-state index contributed by atoms with van der Waals surface area (Å²) in [4.78, 5) is 23.8. The molecule has 0 saturated heterocycles. The van der Waals surface area contributed by atoms with Crippen molar-refractivity contribution in [1.29, 1.82) is 0 Å². The van der Waals surface area contributed by atoms with E-state index in [2.05, 4.69) is 20.4 Å². The van der Waals surface area contributed by atoms with Crippen LogP contribution in [0, 0.1) is 0 Å². The summed E-state index contributed by atoms with van der Waals surface area (Å²) in [6.45, 7) is -3.16. The van der Waals surface area contributed by atoms with E-state index < -0.39 is 24.9 Å². The monoisotopic (exact) mass is 590 g/mol. The number of rotatable bonds is 10. The third kappa shape index (κ3) is 5.85. The molecule has 1 saturated carbocycles. The normalized spacial score (nSPS) is 18.8. The number of ether oxygens (including phenoxy) is 2. The molecule has 3 atom stereocenters. The van der Waals surface area contributed by atoms with Crippen LogP contribution in [-0.4, -0.2) is 64.3 Å². The Hall–Kier alpha value is -3.75. The molecule has 1 fully saturated rings. The number of nitrogens with one attached hydrogen (secondary N) is 1. The van der Waals surface area contributed by atoms with E-state index >= 15 is 0 Å². The summed E-state index contributed by atoms with van der Waals surface area (Å²) in [7, 11) is 4.67. The molecule has 3 unspecified atom stereocenters. The minimum Gasteiger partial charge on any atom is -0.494 e. The van der Waals surface area contributed by atoms with Crippen molar-refractivity contribution >= 4 is 27.4 Å². The van der Waals surface area contributed by atoms with Gasteiger partial charge < -0.3 is 24.8 Å². The Kier molecular flexibility index (Phi) is 8.42. The molecule has 14 heteroatoms. The zero-order chi connectivity index (χ0) is 29.3. The second-order valence-corrected chi connectivity index (χ2v) is 10.8. The number of aromatic nitrogens is 4. The zero-order valence-electron chi connectivity index (χ0n) is 22.6. The van der Waals surface area contributed by atoms with Crippen LogP contribution in [0.1, 0.15) is 29.8 Å². The average molecular weight is 591 g/mol. The first-order valence-electron chi connectivity index (χ1n) is 12.8. The van der Waals surface area contributed by atoms with Crippen LogP contribution in [0.25, 0.3) is 21.5 Å². The minimum atomic E-state index is -3.07. The quantitative estimate of drug-likeness (QED) is 0.284. The maximum absolute atomic E-state index is 13.3. The predicted octanol–water partition coefficient (Wildman–Crippen LogP) is 3.91. The van der Waals surface area contributed by atoms with Crippen LogP contribution in [0.3, 0.4) is 0 Å². The number of halogens is 3. The number of benzene rings is 1. The Bertz CT molecular complexity index is 1580. The van der Waals surface area contributed by atoms with Gasteiger partial charge in [0, 0.05) is 36.1 Å². The molecule has 1 aliphatic rings. The average Bonchev–Trinajstić information content (AvgIpc) is 3.57. The van der Waals surface area contributed by atoms with Crippen molar-refractivity contribution in [3.8, 4) is 23.0 Å². The van der Waals surface area contributed by atoms with Crippen molar-refractivity contribution in [2.45, 2.75) is 50.8 Å². The van der Waals surface area contributed by atoms with E-state index in [1.165, 1.54) is 25.6 Å². The second-order valence-electron chi connectivity index (χ2n) is 9.71. The van der Waals surface area contributed by atoms with Crippen LogP contribution in [0.15, 0.2) is 41.2 Å². The van der Waals surface area contributed by atoms with E-state index in [1.807, 2.05) is 24.1 Å². The van der Waals surface area contributed by atoms with Gasteiger partial charge in [0.2, 0.25) is 0 Å². The first-order chi connectivity index (χ1) is 19.7. The summed E-state index contributed by atoms with van der Waals surface area (Å²) < 4.78 is 50.3. The molecule has 0 aliphatic heterocycles. The lowest BCUT2D eigenvalue weighted by molar-refractivity contribution is 0.0512. The van der Waals surface area contributed by atoms with Crippen molar-refractivity contribution in [2.75, 3.05) is 26.2 Å². The third-order valence-electron chi connectivity index (χ3n) is 7.19. The smallest absolute Gasteiger partial charge is 0.336 e. The first-order valence-corrected chi connectivity index (χ1v) is 13.6. The van der Waals surface area contributed by atoms with Crippen LogP contribution >= 0.6 is 11.3 Å². The SMILES string of the molecule is COc1nc(N(C)C2CC(NCc3ccc(-c4nn(C(F)F)c(=O)cc4OC)cc3)CC2O)c2cc(CF)sc2n1. The van der Waals surface area contributed by atoms with Gasteiger partial charge in [0.1, 0.15) is 23.0 Å². The number of hydrogen-bond acceptors (Lipinski definition) is 10. The van der Waals surface area contributed by atoms with Gasteiger partial charge in [-0.15, -0.1) is 11.3 Å². The fourth-order valence-corrected chi connectivity index (χ4v) is 5.95. The second kappa shape index (κ2) is 12.0. The summed E-state index contributed by atoms with van der Waals surface area (Å²) in [5.41, 5.74) is 0.637. The summed E-state index contributed by atoms with van der Waals surface area (Å²) in [6, 6.07) is 9.79. The summed E-state index contributed by atoms with van der Waals surface area (Å²) in [5.74, 6) is 0.681. The van der Waals surface area contributed by atoms with E-state index in [-0.39, 0.29) is 34.2 Å². The van der Waals surface area contributed by atoms with Crippen molar-refractivity contribution in [3.05, 3.63) is 57.2 Å². The Labute approximate surface area is 237 Å². The highest BCUT2D eigenvalue weighted by Gasteiger charge is 2.36. The molecule has 3 heterocycles. The summed E-state index contributed by atoms with van der Waals surface area (Å²) in [6.07, 6.45) is 0.535. The number of hydrogen-bond donors (Lipinski definition) is 2. The van der Waals surface area contributed by atoms with Gasteiger partial charge in [-0.05, 0) is 24.5 Å². The molecule has 0 bridgehead atoms. The van der Waals surface area contributed by atoms with Crippen molar-refractivity contribution < 1.29 is 27.8 Å². The number of alkyl halides is 3. The van der Waals surface area contributed by atoms with Gasteiger partial charge in [-0.3, -0.25) is 4.79 Å². The molecule has 10 nitrogen and oxygen atoms in total. The van der Waals surface area contributed by atoms with E-state index in [0.29, 0.717) is 45.9 Å². The molecule has 0 amide bonds. The number of methoxy groups -OCH3 is 2. The molecule has 1 aliphatic carbocycles. The molecule has 4 aromatic rings. The highest BCUT2D eigenvalue weighted by Crippen LogP contribution is 2.36. The highest BCUT2D eigenvalue weighted by molar-refractivity contribution is 7.18. The largest absolute Gasteiger partial charge is 0.494 e. The molecule has 3 aromatic heterocycles. The first kappa shape index (κ1) is 28.8. The summed E-state index contributed by atoms with van der Waals surface area (Å²) >= 11 is 1.25. The van der Waals surface area contributed by atoms with E-state index in [4.69, 9.17) is 9.47 Å². The number of anilines is 1. The van der Waals surface area contributed by atoms with Gasteiger partial charge >= 0.3 is 12.6 Å². The number of aliphatic hydroxyl groups excluding tert-OH is 1. The Morgan fingerprint density at radius 2 is 1.93 bits per heavy atom. The van der Waals surface area contributed by atoms with Crippen molar-refractivity contribution in [3.63, 3.8) is 0 Å². The van der Waals surface area contributed by atoms with E-state index in [9.17, 15) is 23.1 Å². The lowest BCUT2D eigenvalue weighted by atomic mass is 10.1. The van der Waals surface area contributed by atoms with Crippen LogP contribution in [0.2, 0.25) is 0 Å². The molecule has 2 N–H and O–H groups in total. The van der Waals surface area contributed by atoms with Gasteiger partial charge in [-0.25, -0.2) is 4.39 Å². The topological polar surface area (TPSA) is 115 Å². The lowest BCUT2D eigenvalue weighted by Crippen LogP contribution is -2.38. The molecule has 1 aromatic carbocycles. The molecule has 5 rings (SSSR count). The molecular weight excluding hydrogens is 561 g/mol. The van der Waals surface area contributed by atoms with E-state index in [1.54, 1.807) is 18.2 Å². The standard InChI is InChI=1S/C27H29F3N6O4S/c1-35(24-18-10-17(12-28)41-25(18)33-27(32-24)40-3)19-8-16(9-20(19)37)31-13-14-4-6-15(7-5-14)23-21(39-2)11-22(38)36(34-23)26(29)30/h4-7,10-11,16,19-20,26,31,37H,8-9,12-13H2,1-3H3. The zero-order valence-corrected chi connectivity index (χ0v) is 23.4. The Morgan fingerprint density at radius 3 is 2.59 bits per heavy atom. The summed E-state index contributed by atoms with van der Waals surface area (Å²) in [5, 5.41) is 18.9. The van der Waals surface area contributed by atoms with Crippen LogP contribution in [0.5, 0.6) is 11.8 Å². The lowest BCUT2D eigenvalue weighted by Gasteiger charge is -2.28. The predicted molar refractivity (Wildman–Crippen MR) is 149 cm³/mol. The van der Waals surface area contributed by atoms with Crippen LogP contribution in [-0.2, 0) is 13.2 Å². The molecule has 0 spiro atoms. The molecule has 218 valence electrons. The molecular formula is C27H29F3N6O4S. The fourth-order valence-electron chi connectivity index (χ4n) is 5.09. The van der Waals surface area contributed by atoms with Gasteiger partial charge in [0.05, 0.1) is 31.8 Å². The fraction of sp³-hybridized carbons (Fsp3) is 0.407. The Balaban J connectivity index is 1.27. The van der Waals surface area contributed by atoms with Crippen molar-refractivity contribution in [2.24, 2.45) is 0 Å². The minimum absolute atomic E-state index is 0.0107. The number of thiophene rings is 1. The number of fused-ring (bicyclic) bond motifs is 1. The van der Waals surface area contributed by atoms with Gasteiger partial charge in [0.15, 0.2) is 5.75 Å². The van der Waals surface area contributed by atoms with Gasteiger partial charge in [-0.1, -0.05) is 24.3 Å². The maximum Gasteiger partial charge on any atom is 0.336 e. The van der Waals surface area contributed by atoms with Crippen LogP contribution < -0.4 is 25.2 Å². The number of likely N-dealkylation sites (N-methyl/N-ethyl adjacent to an activating group) is 1. The van der Waals surface area contributed by atoms with Gasteiger partial charge in [0.25, 0.3) is 5.56 Å². The maximum atomic E-state index is 13.3. The van der Waals surface area contributed by atoms with E-state index in [0.717, 1.165) is 11.6 Å². The number of aliphatic hydroxyl groups is 1. The highest BCUT2D eigenvalue weighted by atomic mass is 32.1. The molecule has 41 heavy (non-hydrogen) atoms. The Morgan fingerprint density at radius 1 is 1.17 bits per heavy atom. The van der Waals surface area contributed by atoms with Gasteiger partial charge in [-0.2, -0.15) is 28.5 Å². The third-order valence-corrected chi connectivity index (χ3v) is 8.19. The molecule has 0 radical (unpaired) electrons.